The Morgan fingerprint density at radius 1 is 0.654 bits per heavy atom. The Kier molecular flexibility index (Phi) is 28.0. The van der Waals surface area contributed by atoms with Crippen molar-refractivity contribution in [3.8, 4) is 5.75 Å². The molecule has 0 aromatic heterocycles. The first kappa shape index (κ1) is 66.4. The van der Waals surface area contributed by atoms with Crippen LogP contribution in [0.25, 0.3) is 0 Å². The molecule has 3 aliphatic heterocycles. The van der Waals surface area contributed by atoms with E-state index in [1.54, 1.807) is 12.1 Å². The molecule has 1 aromatic carbocycles. The summed E-state index contributed by atoms with van der Waals surface area (Å²) >= 11 is 0. The average molecular weight is 1140 g/mol. The number of carbonyl (C=O) groups excluding carboxylic acids is 4. The zero-order chi connectivity index (χ0) is 57.7. The zero-order valence-electron chi connectivity index (χ0n) is 43.8. The molecule has 3 fully saturated rings. The molecular formula is C48H78N4O25S. The number of hydrogen-bond acceptors (Lipinski definition) is 24. The topological polar surface area (TPSA) is 436 Å². The lowest BCUT2D eigenvalue weighted by atomic mass is 9.93. The van der Waals surface area contributed by atoms with Gasteiger partial charge in [-0.25, -0.2) is 4.18 Å². The van der Waals surface area contributed by atoms with E-state index in [0.29, 0.717) is 12.4 Å². The zero-order valence-corrected chi connectivity index (χ0v) is 44.6. The molecule has 0 spiro atoms. The second kappa shape index (κ2) is 33.0. The Bertz CT molecular complexity index is 2130. The minimum atomic E-state index is -4.86. The van der Waals surface area contributed by atoms with Gasteiger partial charge in [0.15, 0.2) is 25.2 Å². The van der Waals surface area contributed by atoms with Crippen LogP contribution in [0.15, 0.2) is 36.4 Å². The van der Waals surface area contributed by atoms with Crippen molar-refractivity contribution in [3.05, 3.63) is 42.0 Å². The normalized spacial score (nSPS) is 30.7. The van der Waals surface area contributed by atoms with E-state index in [2.05, 4.69) is 44.5 Å². The van der Waals surface area contributed by atoms with Crippen molar-refractivity contribution in [2.45, 2.75) is 183 Å². The van der Waals surface area contributed by atoms with Crippen molar-refractivity contribution in [2.24, 2.45) is 0 Å². The molecule has 18 atom stereocenters. The highest BCUT2D eigenvalue weighted by Crippen LogP contribution is 2.33. The Labute approximate surface area is 451 Å². The van der Waals surface area contributed by atoms with Crippen LogP contribution in [0.1, 0.15) is 83.0 Å². The predicted molar refractivity (Wildman–Crippen MR) is 266 cm³/mol. The molecule has 3 aliphatic rings. The molecule has 3 heterocycles. The maximum Gasteiger partial charge on any atom is 0.397 e. The fraction of sp³-hybridized carbons (Fsp3) is 0.750. The molecule has 4 amide bonds. The van der Waals surface area contributed by atoms with Crippen molar-refractivity contribution in [1.82, 2.24) is 21.3 Å². The van der Waals surface area contributed by atoms with E-state index in [1.165, 1.54) is 31.4 Å². The van der Waals surface area contributed by atoms with Crippen molar-refractivity contribution in [1.29, 1.82) is 0 Å². The standard InChI is InChI=1S/C48H78N4O25S/c1-5-6-7-8-9-10-11-12-13-18-69-29-16-14-28(15-17-29)44(64)52-35-39(61)38(60)31(21-53)73-47(35)76-43-33(23-55)75-48(37(41(43)63)51-27(4)58)77-42-32(22-54)74-46(36(40(42)62)50-26(3)57)71-24-30(59)34(49-25(2)56)45(65)70-19-20-72-78(66,67)68/h10-11,14-17,30-43,45-48,53-55,59-63,65H,5-9,12-13,18-24H2,1-4H3,(H,49,56)(H,50,57)(H,51,58)(H,52,64)(H,66,67,68)/b11-10-/t30?,31?,32?,33-,34?,35?,36?,37?,38+,39+,40+,41?,42+,43+,45+,46+,47-,48-/m0/s1. The summed E-state index contributed by atoms with van der Waals surface area (Å²) in [5.41, 5.74) is 0.0900. The number of carbonyl (C=O) groups is 4. The Balaban J connectivity index is 1.48. The van der Waals surface area contributed by atoms with Gasteiger partial charge in [-0.1, -0.05) is 38.3 Å². The molecule has 78 heavy (non-hydrogen) atoms. The maximum atomic E-state index is 13.7. The number of benzene rings is 1. The third-order valence-electron chi connectivity index (χ3n) is 12.6. The molecule has 14 N–H and O–H groups in total. The Morgan fingerprint density at radius 3 is 1.71 bits per heavy atom. The van der Waals surface area contributed by atoms with E-state index in [-0.39, 0.29) is 5.56 Å². The number of amides is 4. The summed E-state index contributed by atoms with van der Waals surface area (Å²) in [7, 11) is -4.86. The van der Waals surface area contributed by atoms with Gasteiger partial charge in [0, 0.05) is 26.3 Å². The third kappa shape index (κ3) is 20.4. The van der Waals surface area contributed by atoms with Gasteiger partial charge in [-0.2, -0.15) is 8.42 Å². The number of aliphatic hydroxyl groups is 9. The van der Waals surface area contributed by atoms with E-state index in [4.69, 9.17) is 42.4 Å². The number of aliphatic hydroxyl groups excluding tert-OH is 9. The van der Waals surface area contributed by atoms with Crippen molar-refractivity contribution < 1.29 is 120 Å². The molecule has 0 aliphatic carbocycles. The van der Waals surface area contributed by atoms with Gasteiger partial charge in [-0.05, 0) is 49.9 Å². The van der Waals surface area contributed by atoms with Gasteiger partial charge in [-0.15, -0.1) is 0 Å². The highest BCUT2D eigenvalue weighted by atomic mass is 32.3. The highest BCUT2D eigenvalue weighted by Gasteiger charge is 2.55. The lowest BCUT2D eigenvalue weighted by Gasteiger charge is -2.50. The first-order valence-corrected chi connectivity index (χ1v) is 26.9. The molecule has 4 rings (SSSR count). The summed E-state index contributed by atoms with van der Waals surface area (Å²) in [6.45, 7) is 0.668. The van der Waals surface area contributed by atoms with Crippen LogP contribution in [0.2, 0.25) is 0 Å². The fourth-order valence-corrected chi connectivity index (χ4v) is 9.00. The smallest absolute Gasteiger partial charge is 0.397 e. The summed E-state index contributed by atoms with van der Waals surface area (Å²) in [6.07, 6.45) is -13.3. The van der Waals surface area contributed by atoms with Crippen LogP contribution in [0.3, 0.4) is 0 Å². The van der Waals surface area contributed by atoms with Gasteiger partial charge in [0.1, 0.15) is 91.0 Å². The number of hydrogen-bond donors (Lipinski definition) is 14. The average Bonchev–Trinajstić information content (AvgIpc) is 3.40. The number of allylic oxidation sites excluding steroid dienone is 2. The fourth-order valence-electron chi connectivity index (χ4n) is 8.72. The molecule has 446 valence electrons. The minimum absolute atomic E-state index is 0.0900. The van der Waals surface area contributed by atoms with Gasteiger partial charge in [0.25, 0.3) is 5.91 Å². The van der Waals surface area contributed by atoms with E-state index in [0.717, 1.165) is 46.5 Å². The quantitative estimate of drug-likeness (QED) is 0.0141. The summed E-state index contributed by atoms with van der Waals surface area (Å²) in [5.74, 6) is -2.63. The number of nitrogens with one attached hydrogen (secondary N) is 4. The lowest BCUT2D eigenvalue weighted by molar-refractivity contribution is -0.353. The molecule has 0 saturated carbocycles. The van der Waals surface area contributed by atoms with E-state index < -0.39 is 184 Å². The summed E-state index contributed by atoms with van der Waals surface area (Å²) < 4.78 is 81.0. The molecule has 3 saturated heterocycles. The van der Waals surface area contributed by atoms with Crippen LogP contribution in [-0.4, -0.2) is 239 Å². The van der Waals surface area contributed by atoms with Gasteiger partial charge < -0.3 is 105 Å². The van der Waals surface area contributed by atoms with Crippen LogP contribution < -0.4 is 26.0 Å². The third-order valence-corrected chi connectivity index (χ3v) is 13.1. The Morgan fingerprint density at radius 2 is 1.18 bits per heavy atom. The van der Waals surface area contributed by atoms with E-state index in [1.807, 2.05) is 0 Å². The lowest BCUT2D eigenvalue weighted by Crippen LogP contribution is -2.71. The van der Waals surface area contributed by atoms with Crippen molar-refractivity contribution in [3.63, 3.8) is 0 Å². The first-order valence-electron chi connectivity index (χ1n) is 25.6. The first-order chi connectivity index (χ1) is 37.0. The highest BCUT2D eigenvalue weighted by molar-refractivity contribution is 7.80. The minimum Gasteiger partial charge on any atom is -0.494 e. The largest absolute Gasteiger partial charge is 0.494 e. The van der Waals surface area contributed by atoms with Gasteiger partial charge in [-0.3, -0.25) is 23.7 Å². The molecular weight excluding hydrogens is 1060 g/mol. The maximum absolute atomic E-state index is 13.7. The molecule has 8 unspecified atom stereocenters. The van der Waals surface area contributed by atoms with Gasteiger partial charge in [0.2, 0.25) is 17.7 Å². The molecule has 1 aromatic rings. The second-order valence-electron chi connectivity index (χ2n) is 18.8. The van der Waals surface area contributed by atoms with Crippen LogP contribution >= 0.6 is 0 Å². The van der Waals surface area contributed by atoms with Gasteiger partial charge >= 0.3 is 10.4 Å². The molecule has 0 radical (unpaired) electrons. The molecule has 30 heteroatoms. The number of ether oxygens (including phenoxy) is 8. The van der Waals surface area contributed by atoms with E-state index in [9.17, 15) is 73.6 Å². The second-order valence-corrected chi connectivity index (χ2v) is 19.9. The van der Waals surface area contributed by atoms with Crippen LogP contribution in [0, 0.1) is 0 Å². The SMILES string of the molecule is CCCCCC/C=C\CCCOc1ccc(C(=O)NC2[C@H](O[C@H]3C(O)C(NC(C)=O)[C@H](O[C@@H]4C(CO)O[C@@H](OCC(O)C(NC(C)=O)[C@H](O)OCCOS(=O)(=O)O)C(NC(C)=O)[C@H]4O)O[C@H]3CO)OC(CO)[C@@H](O)[C@@H]2O)cc1. The summed E-state index contributed by atoms with van der Waals surface area (Å²) in [5, 5.41) is 108. The van der Waals surface area contributed by atoms with Crippen LogP contribution in [0.5, 0.6) is 5.75 Å². The van der Waals surface area contributed by atoms with Crippen LogP contribution in [-0.2, 0) is 62.1 Å². The number of unbranched alkanes of at least 4 members (excludes halogenated alkanes) is 5. The van der Waals surface area contributed by atoms with Gasteiger partial charge in [0.05, 0.1) is 46.2 Å². The molecule has 29 nitrogen and oxygen atoms in total. The van der Waals surface area contributed by atoms with Crippen molar-refractivity contribution >= 4 is 34.0 Å². The monoisotopic (exact) mass is 1140 g/mol. The Hall–Kier alpha value is -4.13. The number of rotatable bonds is 32. The van der Waals surface area contributed by atoms with Crippen LogP contribution in [0.4, 0.5) is 0 Å². The van der Waals surface area contributed by atoms with E-state index >= 15 is 0 Å². The summed E-state index contributed by atoms with van der Waals surface area (Å²) in [4.78, 5) is 50.7. The molecule has 0 bridgehead atoms. The predicted octanol–water partition coefficient (Wildman–Crippen LogP) is -4.12. The van der Waals surface area contributed by atoms with Crippen molar-refractivity contribution in [2.75, 3.05) is 46.2 Å². The summed E-state index contributed by atoms with van der Waals surface area (Å²) in [6, 6.07) is -0.543.